The summed E-state index contributed by atoms with van der Waals surface area (Å²) in [5, 5.41) is 0.136. The van der Waals surface area contributed by atoms with Crippen molar-refractivity contribution in [2.24, 2.45) is 5.84 Å². The zero-order chi connectivity index (χ0) is 14.5. The van der Waals surface area contributed by atoms with E-state index in [9.17, 15) is 4.39 Å². The third-order valence-electron chi connectivity index (χ3n) is 3.13. The van der Waals surface area contributed by atoms with Crippen LogP contribution in [0.4, 0.5) is 4.39 Å². The number of nitrogens with two attached hydrogens (primary N) is 1. The SMILES string of the molecule is NNC(Cc1ccc(Cl)c(F)c1)Cc1ccccc1Br. The fraction of sp³-hybridized carbons (Fsp3) is 0.200. The largest absolute Gasteiger partial charge is 0.271 e. The highest BCUT2D eigenvalue weighted by Gasteiger charge is 2.12. The second kappa shape index (κ2) is 7.18. The van der Waals surface area contributed by atoms with Gasteiger partial charge in [-0.2, -0.15) is 0 Å². The Kier molecular flexibility index (Phi) is 5.54. The Morgan fingerprint density at radius 1 is 1.20 bits per heavy atom. The fourth-order valence-corrected chi connectivity index (χ4v) is 2.63. The van der Waals surface area contributed by atoms with E-state index in [1.807, 2.05) is 30.3 Å². The van der Waals surface area contributed by atoms with Gasteiger partial charge in [-0.15, -0.1) is 0 Å². The summed E-state index contributed by atoms with van der Waals surface area (Å²) in [4.78, 5) is 0. The van der Waals surface area contributed by atoms with Crippen molar-refractivity contribution in [2.45, 2.75) is 18.9 Å². The minimum absolute atomic E-state index is 0.0225. The van der Waals surface area contributed by atoms with E-state index in [2.05, 4.69) is 21.4 Å². The molecule has 2 nitrogen and oxygen atoms in total. The molecule has 20 heavy (non-hydrogen) atoms. The molecule has 0 aliphatic carbocycles. The van der Waals surface area contributed by atoms with E-state index in [0.29, 0.717) is 6.42 Å². The molecule has 0 spiro atoms. The Bertz CT molecular complexity index is 592. The number of hydrogen-bond donors (Lipinski definition) is 2. The monoisotopic (exact) mass is 356 g/mol. The number of hydrazine groups is 1. The van der Waals surface area contributed by atoms with Crippen LogP contribution in [0.2, 0.25) is 5.02 Å². The van der Waals surface area contributed by atoms with Crippen molar-refractivity contribution in [3.63, 3.8) is 0 Å². The lowest BCUT2D eigenvalue weighted by atomic mass is 9.99. The van der Waals surface area contributed by atoms with Gasteiger partial charge < -0.3 is 0 Å². The van der Waals surface area contributed by atoms with E-state index < -0.39 is 5.82 Å². The molecule has 2 rings (SSSR count). The molecule has 5 heteroatoms. The third kappa shape index (κ3) is 4.03. The second-order valence-electron chi connectivity index (χ2n) is 4.61. The molecule has 0 aliphatic rings. The van der Waals surface area contributed by atoms with Gasteiger partial charge in [-0.3, -0.25) is 11.3 Å². The van der Waals surface area contributed by atoms with Gasteiger partial charge in [0.1, 0.15) is 5.82 Å². The molecule has 0 aromatic heterocycles. The molecule has 1 unspecified atom stereocenters. The van der Waals surface area contributed by atoms with E-state index in [-0.39, 0.29) is 11.1 Å². The van der Waals surface area contributed by atoms with E-state index >= 15 is 0 Å². The van der Waals surface area contributed by atoms with Gasteiger partial charge in [0.05, 0.1) is 5.02 Å². The van der Waals surface area contributed by atoms with Crippen LogP contribution in [0, 0.1) is 5.82 Å². The van der Waals surface area contributed by atoms with Crippen LogP contribution in [0.3, 0.4) is 0 Å². The second-order valence-corrected chi connectivity index (χ2v) is 5.87. The molecule has 0 amide bonds. The number of nitrogens with one attached hydrogen (secondary N) is 1. The first kappa shape index (κ1) is 15.4. The molecule has 0 bridgehead atoms. The standard InChI is InChI=1S/C15H15BrClFN2/c16-13-4-2-1-3-11(13)9-12(20-19)7-10-5-6-14(17)15(18)8-10/h1-6,8,12,20H,7,9,19H2. The molecule has 0 saturated heterocycles. The van der Waals surface area contributed by atoms with Crippen LogP contribution >= 0.6 is 27.5 Å². The van der Waals surface area contributed by atoms with Crippen molar-refractivity contribution in [3.8, 4) is 0 Å². The van der Waals surface area contributed by atoms with Crippen LogP contribution in [0.15, 0.2) is 46.9 Å². The third-order valence-corrected chi connectivity index (χ3v) is 4.21. The van der Waals surface area contributed by atoms with Crippen molar-refractivity contribution in [1.29, 1.82) is 0 Å². The molecule has 0 aliphatic heterocycles. The lowest BCUT2D eigenvalue weighted by Crippen LogP contribution is -2.38. The first-order valence-electron chi connectivity index (χ1n) is 6.23. The van der Waals surface area contributed by atoms with Gasteiger partial charge in [0.25, 0.3) is 0 Å². The van der Waals surface area contributed by atoms with Gasteiger partial charge in [-0.1, -0.05) is 51.8 Å². The number of hydrogen-bond acceptors (Lipinski definition) is 2. The Balaban J connectivity index is 2.09. The molecule has 1 atom stereocenters. The Morgan fingerprint density at radius 2 is 1.95 bits per heavy atom. The molecular formula is C15H15BrClFN2. The van der Waals surface area contributed by atoms with Gasteiger partial charge in [-0.05, 0) is 42.2 Å². The van der Waals surface area contributed by atoms with Crippen LogP contribution in [0.5, 0.6) is 0 Å². The summed E-state index contributed by atoms with van der Waals surface area (Å²) in [6.45, 7) is 0. The van der Waals surface area contributed by atoms with Gasteiger partial charge >= 0.3 is 0 Å². The summed E-state index contributed by atoms with van der Waals surface area (Å²) in [6, 6.07) is 12.8. The fourth-order valence-electron chi connectivity index (χ4n) is 2.07. The molecule has 0 saturated carbocycles. The van der Waals surface area contributed by atoms with E-state index in [1.54, 1.807) is 6.07 Å². The average molecular weight is 358 g/mol. The first-order chi connectivity index (χ1) is 9.60. The number of halogens is 3. The minimum atomic E-state index is -0.402. The summed E-state index contributed by atoms with van der Waals surface area (Å²) in [5.41, 5.74) is 4.80. The van der Waals surface area contributed by atoms with E-state index in [4.69, 9.17) is 17.4 Å². The zero-order valence-corrected chi connectivity index (χ0v) is 13.1. The van der Waals surface area contributed by atoms with E-state index in [0.717, 1.165) is 22.0 Å². The Labute approximate surface area is 131 Å². The summed E-state index contributed by atoms with van der Waals surface area (Å²) < 4.78 is 14.5. The van der Waals surface area contributed by atoms with Gasteiger partial charge in [0.15, 0.2) is 0 Å². The molecule has 0 fully saturated rings. The predicted molar refractivity (Wildman–Crippen MR) is 84.1 cm³/mol. The Hall–Kier alpha value is -0.940. The van der Waals surface area contributed by atoms with E-state index in [1.165, 1.54) is 6.07 Å². The van der Waals surface area contributed by atoms with Crippen molar-refractivity contribution in [1.82, 2.24) is 5.43 Å². The van der Waals surface area contributed by atoms with Crippen molar-refractivity contribution in [2.75, 3.05) is 0 Å². The topological polar surface area (TPSA) is 38.0 Å². The summed E-state index contributed by atoms with van der Waals surface area (Å²) in [7, 11) is 0. The maximum Gasteiger partial charge on any atom is 0.142 e. The summed E-state index contributed by atoms with van der Waals surface area (Å²) in [5.74, 6) is 5.20. The van der Waals surface area contributed by atoms with Crippen LogP contribution in [0.25, 0.3) is 0 Å². The summed E-state index contributed by atoms with van der Waals surface area (Å²) in [6.07, 6.45) is 1.38. The average Bonchev–Trinajstić information content (AvgIpc) is 2.44. The maximum atomic E-state index is 13.4. The highest BCUT2D eigenvalue weighted by Crippen LogP contribution is 2.20. The number of benzene rings is 2. The van der Waals surface area contributed by atoms with Gasteiger partial charge in [0.2, 0.25) is 0 Å². The smallest absolute Gasteiger partial charge is 0.142 e. The minimum Gasteiger partial charge on any atom is -0.271 e. The van der Waals surface area contributed by atoms with Gasteiger partial charge in [0, 0.05) is 10.5 Å². The molecule has 0 heterocycles. The molecular weight excluding hydrogens is 343 g/mol. The van der Waals surface area contributed by atoms with Crippen molar-refractivity contribution < 1.29 is 4.39 Å². The van der Waals surface area contributed by atoms with Crippen LogP contribution in [-0.4, -0.2) is 6.04 Å². The molecule has 106 valence electrons. The van der Waals surface area contributed by atoms with Crippen LogP contribution < -0.4 is 11.3 Å². The van der Waals surface area contributed by atoms with Crippen LogP contribution in [-0.2, 0) is 12.8 Å². The zero-order valence-electron chi connectivity index (χ0n) is 10.7. The number of rotatable bonds is 5. The first-order valence-corrected chi connectivity index (χ1v) is 7.40. The highest BCUT2D eigenvalue weighted by molar-refractivity contribution is 9.10. The predicted octanol–water partition coefficient (Wildman–Crippen LogP) is 3.86. The maximum absolute atomic E-state index is 13.4. The normalized spacial score (nSPS) is 12.4. The quantitative estimate of drug-likeness (QED) is 0.630. The lowest BCUT2D eigenvalue weighted by Gasteiger charge is -2.17. The molecule has 3 N–H and O–H groups in total. The van der Waals surface area contributed by atoms with Gasteiger partial charge in [-0.25, -0.2) is 4.39 Å². The molecule has 0 radical (unpaired) electrons. The van der Waals surface area contributed by atoms with Crippen molar-refractivity contribution in [3.05, 3.63) is 68.9 Å². The molecule has 2 aromatic rings. The molecule has 2 aromatic carbocycles. The highest BCUT2D eigenvalue weighted by atomic mass is 79.9. The summed E-state index contributed by atoms with van der Waals surface area (Å²) >= 11 is 9.19. The Morgan fingerprint density at radius 3 is 2.60 bits per heavy atom. The van der Waals surface area contributed by atoms with Crippen LogP contribution in [0.1, 0.15) is 11.1 Å². The van der Waals surface area contributed by atoms with Crippen molar-refractivity contribution >= 4 is 27.5 Å². The lowest BCUT2D eigenvalue weighted by molar-refractivity contribution is 0.520.